The predicted molar refractivity (Wildman–Crippen MR) is 255 cm³/mol. The number of sulfonamides is 1. The first-order valence-electron chi connectivity index (χ1n) is 21.0. The molecule has 0 unspecified atom stereocenters. The summed E-state index contributed by atoms with van der Waals surface area (Å²) in [4.78, 5) is 8.50. The zero-order chi connectivity index (χ0) is 42.7. The highest BCUT2D eigenvalue weighted by Gasteiger charge is 2.36. The molecule has 3 N–H and O–H groups in total. The standard InChI is InChI=1S/C49H55ClN6O3S2/c1-35-29-45(21-22-47(35)51-41(23-24-54-33-49(3,57)34-54)32-60-44-11-6-5-7-12-44)61(58,59)52-40-17-19-42(20-18-40)55-25-27-56(28-26-55)43-10-8-9-38(31-43)46-30-36(2)53(4)48(46)37-13-15-39(50)16-14-37/h5-22,29-31,41,51-52,57H,23-28,32-34H2,1-4H3/t41-/m1/s1. The van der Waals surface area contributed by atoms with Crippen LogP contribution in [-0.4, -0.2) is 86.2 Å². The molecule has 318 valence electrons. The van der Waals surface area contributed by atoms with E-state index in [0.29, 0.717) is 18.8 Å². The van der Waals surface area contributed by atoms with Crippen molar-refractivity contribution in [3.63, 3.8) is 0 Å². The molecule has 1 atom stereocenters. The molecule has 0 saturated carbocycles. The van der Waals surface area contributed by atoms with E-state index in [1.54, 1.807) is 23.9 Å². The van der Waals surface area contributed by atoms with Crippen LogP contribution in [-0.2, 0) is 17.1 Å². The van der Waals surface area contributed by atoms with Gasteiger partial charge in [-0.05, 0) is 129 Å². The van der Waals surface area contributed by atoms with Crippen molar-refractivity contribution >= 4 is 56.1 Å². The highest BCUT2D eigenvalue weighted by atomic mass is 35.5. The Labute approximate surface area is 370 Å². The van der Waals surface area contributed by atoms with Crippen LogP contribution in [0.3, 0.4) is 0 Å². The van der Waals surface area contributed by atoms with E-state index in [2.05, 4.69) is 97.9 Å². The summed E-state index contributed by atoms with van der Waals surface area (Å²) >= 11 is 8.02. The van der Waals surface area contributed by atoms with Gasteiger partial charge in [-0.3, -0.25) is 9.62 Å². The van der Waals surface area contributed by atoms with Crippen LogP contribution in [0.2, 0.25) is 5.02 Å². The molecule has 8 rings (SSSR count). The Hall–Kier alpha value is -4.91. The average Bonchev–Trinajstić information content (AvgIpc) is 3.55. The number of hydrogen-bond donors (Lipinski definition) is 3. The van der Waals surface area contributed by atoms with Crippen molar-refractivity contribution in [3.8, 4) is 22.4 Å². The van der Waals surface area contributed by atoms with Gasteiger partial charge in [-0.25, -0.2) is 8.42 Å². The van der Waals surface area contributed by atoms with Crippen LogP contribution < -0.4 is 19.8 Å². The maximum Gasteiger partial charge on any atom is 0.261 e. The third-order valence-electron chi connectivity index (χ3n) is 11.9. The van der Waals surface area contributed by atoms with E-state index in [0.717, 1.165) is 72.4 Å². The molecule has 1 aromatic heterocycles. The number of nitrogens with zero attached hydrogens (tertiary/aromatic N) is 4. The molecule has 2 aliphatic rings. The fourth-order valence-electron chi connectivity index (χ4n) is 8.46. The van der Waals surface area contributed by atoms with E-state index < -0.39 is 15.6 Å². The lowest BCUT2D eigenvalue weighted by Crippen LogP contribution is -2.60. The Morgan fingerprint density at radius 1 is 0.787 bits per heavy atom. The van der Waals surface area contributed by atoms with Crippen LogP contribution in [0.25, 0.3) is 22.4 Å². The number of aliphatic hydroxyl groups is 1. The molecule has 0 spiro atoms. The summed E-state index contributed by atoms with van der Waals surface area (Å²) in [5.41, 5.74) is 9.85. The quantitative estimate of drug-likeness (QED) is 0.0880. The lowest BCUT2D eigenvalue weighted by Gasteiger charge is -2.44. The molecule has 2 saturated heterocycles. The van der Waals surface area contributed by atoms with Gasteiger partial charge in [-0.1, -0.05) is 54.1 Å². The van der Waals surface area contributed by atoms with E-state index >= 15 is 0 Å². The zero-order valence-corrected chi connectivity index (χ0v) is 37.7. The summed E-state index contributed by atoms with van der Waals surface area (Å²) in [6.45, 7) is 11.6. The number of piperazine rings is 1. The highest BCUT2D eigenvalue weighted by molar-refractivity contribution is 7.99. The normalized spacial score (nSPS) is 16.0. The van der Waals surface area contributed by atoms with Gasteiger partial charge in [0.15, 0.2) is 0 Å². The topological polar surface area (TPSA) is 93.1 Å². The maximum absolute atomic E-state index is 13.6. The van der Waals surface area contributed by atoms with Gasteiger partial charge in [-0.15, -0.1) is 11.8 Å². The smallest absolute Gasteiger partial charge is 0.261 e. The molecule has 12 heteroatoms. The van der Waals surface area contributed by atoms with Crippen molar-refractivity contribution < 1.29 is 13.5 Å². The summed E-state index contributed by atoms with van der Waals surface area (Å²) < 4.78 is 32.3. The lowest BCUT2D eigenvalue weighted by atomic mass is 9.96. The summed E-state index contributed by atoms with van der Waals surface area (Å²) in [6, 6.07) is 42.6. The molecule has 2 fully saturated rings. The summed E-state index contributed by atoms with van der Waals surface area (Å²) in [5.74, 6) is 0.858. The van der Waals surface area contributed by atoms with Crippen molar-refractivity contribution in [2.75, 3.05) is 71.4 Å². The number of hydrogen-bond acceptors (Lipinski definition) is 8. The lowest BCUT2D eigenvalue weighted by molar-refractivity contribution is -0.0834. The van der Waals surface area contributed by atoms with E-state index in [4.69, 9.17) is 11.6 Å². The molecule has 0 amide bonds. The second kappa shape index (κ2) is 18.2. The van der Waals surface area contributed by atoms with Gasteiger partial charge in [0.2, 0.25) is 0 Å². The van der Waals surface area contributed by atoms with E-state index in [-0.39, 0.29) is 10.9 Å². The van der Waals surface area contributed by atoms with E-state index in [9.17, 15) is 13.5 Å². The first-order chi connectivity index (χ1) is 29.3. The van der Waals surface area contributed by atoms with Gasteiger partial charge in [0.25, 0.3) is 10.0 Å². The Bertz CT molecular complexity index is 2550. The minimum absolute atomic E-state index is 0.154. The molecule has 2 aliphatic heterocycles. The van der Waals surface area contributed by atoms with E-state index in [1.165, 1.54) is 33.1 Å². The van der Waals surface area contributed by atoms with Crippen LogP contribution in [0.1, 0.15) is 24.6 Å². The second-order valence-corrected chi connectivity index (χ2v) is 19.9. The third-order valence-corrected chi connectivity index (χ3v) is 14.7. The largest absolute Gasteiger partial charge is 0.388 e. The van der Waals surface area contributed by atoms with Gasteiger partial charge >= 0.3 is 0 Å². The number of aryl methyl sites for hydroxylation is 2. The first-order valence-corrected chi connectivity index (χ1v) is 23.8. The van der Waals surface area contributed by atoms with Gasteiger partial charge in [0, 0.05) is 109 Å². The molecule has 6 aromatic rings. The molecule has 0 aliphatic carbocycles. The number of β-amino-alcohol motifs (C(OH)–C–C–N with tert-alkyl or cyclic N) is 1. The molecule has 9 nitrogen and oxygen atoms in total. The number of thioether (sulfide) groups is 1. The third kappa shape index (κ3) is 10.2. The fraction of sp³-hybridized carbons (Fsp3) is 0.306. The van der Waals surface area contributed by atoms with Crippen molar-refractivity contribution in [3.05, 3.63) is 144 Å². The van der Waals surface area contributed by atoms with Gasteiger partial charge in [0.05, 0.1) is 16.2 Å². The number of rotatable bonds is 15. The maximum atomic E-state index is 13.6. The van der Waals surface area contributed by atoms with Crippen LogP contribution in [0.5, 0.6) is 0 Å². The SMILES string of the molecule is Cc1cc(S(=O)(=O)Nc2ccc(N3CCN(c4cccc(-c5cc(C)n(C)c5-c5ccc(Cl)cc5)c4)CC3)cc2)ccc1N[C@H](CCN1CC(C)(O)C1)CSc1ccccc1. The van der Waals surface area contributed by atoms with Crippen molar-refractivity contribution in [1.29, 1.82) is 0 Å². The zero-order valence-electron chi connectivity index (χ0n) is 35.3. The van der Waals surface area contributed by atoms with Crippen LogP contribution >= 0.6 is 23.4 Å². The molecule has 3 heterocycles. The summed E-state index contributed by atoms with van der Waals surface area (Å²) in [7, 11) is -1.71. The van der Waals surface area contributed by atoms with Crippen LogP contribution in [0, 0.1) is 13.8 Å². The minimum atomic E-state index is -3.82. The summed E-state index contributed by atoms with van der Waals surface area (Å²) in [5, 5.41) is 14.6. The number of halogens is 1. The molecule has 0 bridgehead atoms. The monoisotopic (exact) mass is 874 g/mol. The molecular weight excluding hydrogens is 820 g/mol. The summed E-state index contributed by atoms with van der Waals surface area (Å²) in [6.07, 6.45) is 0.901. The molecular formula is C49H55ClN6O3S2. The number of anilines is 4. The first kappa shape index (κ1) is 42.8. The number of likely N-dealkylation sites (tertiary alicyclic amines) is 1. The molecule has 5 aromatic carbocycles. The van der Waals surface area contributed by atoms with Gasteiger partial charge in [0.1, 0.15) is 0 Å². The van der Waals surface area contributed by atoms with Crippen LogP contribution in [0.15, 0.2) is 137 Å². The van der Waals surface area contributed by atoms with Gasteiger partial charge in [-0.2, -0.15) is 0 Å². The molecule has 0 radical (unpaired) electrons. The predicted octanol–water partition coefficient (Wildman–Crippen LogP) is 9.79. The Kier molecular flexibility index (Phi) is 12.8. The number of benzene rings is 5. The minimum Gasteiger partial charge on any atom is -0.388 e. The van der Waals surface area contributed by atoms with E-state index in [1.807, 2.05) is 74.5 Å². The molecule has 61 heavy (non-hydrogen) atoms. The van der Waals surface area contributed by atoms with Crippen molar-refractivity contribution in [2.24, 2.45) is 7.05 Å². The van der Waals surface area contributed by atoms with Gasteiger partial charge < -0.3 is 24.8 Å². The average molecular weight is 876 g/mol. The number of aromatic nitrogens is 1. The van der Waals surface area contributed by atoms with Crippen LogP contribution in [0.4, 0.5) is 22.7 Å². The second-order valence-electron chi connectivity index (χ2n) is 16.7. The van der Waals surface area contributed by atoms with Crippen molar-refractivity contribution in [1.82, 2.24) is 9.47 Å². The van der Waals surface area contributed by atoms with Crippen molar-refractivity contribution in [2.45, 2.75) is 48.6 Å². The number of nitrogens with one attached hydrogen (secondary N) is 2. The fourth-order valence-corrected chi connectivity index (χ4v) is 10.7. The Balaban J connectivity index is 0.874. The Morgan fingerprint density at radius 2 is 1.48 bits per heavy atom. The highest BCUT2D eigenvalue weighted by Crippen LogP contribution is 2.37. The Morgan fingerprint density at radius 3 is 2.15 bits per heavy atom.